The summed E-state index contributed by atoms with van der Waals surface area (Å²) in [5.41, 5.74) is 0. The number of hydrogen-bond donors (Lipinski definition) is 4. The van der Waals surface area contributed by atoms with Crippen LogP contribution in [0.25, 0.3) is 0 Å². The van der Waals surface area contributed by atoms with Crippen LogP contribution >= 0.6 is 7.82 Å². The topological polar surface area (TPSA) is 125 Å². The van der Waals surface area contributed by atoms with Crippen molar-refractivity contribution in [2.75, 3.05) is 40.9 Å². The maximum atomic E-state index is 12.8. The van der Waals surface area contributed by atoms with Crippen molar-refractivity contribution in [2.45, 2.75) is 128 Å². The number of quaternary nitrogens is 1. The average molecular weight is 710 g/mol. The SMILES string of the molecule is CC/C=C\C/C=C\C/C=C\C/C=C\CCC(=O)NC(COP(=O)(O)OCC[N+](C)(C)C)C(O)C(O)CCC/C=C/CC/C=C/CCCCC. The molecule has 0 aliphatic rings. The zero-order valence-corrected chi connectivity index (χ0v) is 32.2. The van der Waals surface area contributed by atoms with E-state index in [2.05, 4.69) is 79.9 Å². The molecule has 0 spiro atoms. The van der Waals surface area contributed by atoms with Gasteiger partial charge in [0.25, 0.3) is 0 Å². The Morgan fingerprint density at radius 1 is 0.735 bits per heavy atom. The lowest BCUT2D eigenvalue weighted by molar-refractivity contribution is -0.870. The number of likely N-dealkylation sites (N-methyl/N-ethyl adjacent to an activating group) is 1. The molecule has 4 atom stereocenters. The molecule has 0 aliphatic heterocycles. The van der Waals surface area contributed by atoms with E-state index in [1.165, 1.54) is 19.3 Å². The average Bonchev–Trinajstić information content (AvgIpc) is 3.04. The first-order chi connectivity index (χ1) is 23.4. The van der Waals surface area contributed by atoms with Gasteiger partial charge in [-0.15, -0.1) is 0 Å². The minimum atomic E-state index is -4.44. The number of allylic oxidation sites excluding steroid dienone is 12. The van der Waals surface area contributed by atoms with E-state index in [0.29, 0.717) is 30.3 Å². The van der Waals surface area contributed by atoms with Gasteiger partial charge in [-0.25, -0.2) is 4.57 Å². The second-order valence-corrected chi connectivity index (χ2v) is 14.8. The van der Waals surface area contributed by atoms with Crippen molar-refractivity contribution < 1.29 is 38.0 Å². The van der Waals surface area contributed by atoms with E-state index in [4.69, 9.17) is 9.05 Å². The summed E-state index contributed by atoms with van der Waals surface area (Å²) in [4.78, 5) is 23.0. The van der Waals surface area contributed by atoms with E-state index >= 15 is 0 Å². The first kappa shape index (κ1) is 46.9. The van der Waals surface area contributed by atoms with Crippen molar-refractivity contribution in [3.8, 4) is 0 Å². The number of aliphatic hydroxyl groups excluding tert-OH is 2. The summed E-state index contributed by atoms with van der Waals surface area (Å²) in [6.45, 7) is 4.31. The molecule has 282 valence electrons. The number of phosphoric ester groups is 1. The zero-order valence-electron chi connectivity index (χ0n) is 31.3. The van der Waals surface area contributed by atoms with Crippen molar-refractivity contribution in [2.24, 2.45) is 0 Å². The fourth-order valence-electron chi connectivity index (χ4n) is 4.52. The highest BCUT2D eigenvalue weighted by atomic mass is 31.2. The third kappa shape index (κ3) is 31.6. The molecule has 0 rings (SSSR count). The summed E-state index contributed by atoms with van der Waals surface area (Å²) < 4.78 is 23.3. The Kier molecular flexibility index (Phi) is 29.4. The van der Waals surface area contributed by atoms with Gasteiger partial charge < -0.3 is 24.9 Å². The molecule has 4 N–H and O–H groups in total. The van der Waals surface area contributed by atoms with Crippen LogP contribution in [-0.4, -0.2) is 84.6 Å². The Labute approximate surface area is 298 Å². The van der Waals surface area contributed by atoms with Crippen LogP contribution in [0.2, 0.25) is 0 Å². The number of carbonyl (C=O) groups is 1. The number of unbranched alkanes of at least 4 members (excludes halogenated alkanes) is 5. The van der Waals surface area contributed by atoms with Gasteiger partial charge in [0.05, 0.1) is 39.9 Å². The van der Waals surface area contributed by atoms with Crippen LogP contribution in [0.15, 0.2) is 72.9 Å². The second-order valence-electron chi connectivity index (χ2n) is 13.3. The minimum Gasteiger partial charge on any atom is -0.390 e. The first-order valence-electron chi connectivity index (χ1n) is 18.4. The van der Waals surface area contributed by atoms with Gasteiger partial charge in [-0.1, -0.05) is 99.6 Å². The lowest BCUT2D eigenvalue weighted by atomic mass is 10.0. The van der Waals surface area contributed by atoms with Gasteiger partial charge in [-0.3, -0.25) is 13.8 Å². The zero-order chi connectivity index (χ0) is 36.6. The van der Waals surface area contributed by atoms with Crippen LogP contribution < -0.4 is 5.32 Å². The highest BCUT2D eigenvalue weighted by Gasteiger charge is 2.31. The Morgan fingerprint density at radius 2 is 1.27 bits per heavy atom. The molecular formula is C39H70N2O7P+. The summed E-state index contributed by atoms with van der Waals surface area (Å²) in [6, 6.07) is -1.10. The molecular weight excluding hydrogens is 639 g/mol. The highest BCUT2D eigenvalue weighted by molar-refractivity contribution is 7.47. The van der Waals surface area contributed by atoms with Crippen LogP contribution in [0.4, 0.5) is 0 Å². The van der Waals surface area contributed by atoms with Crippen molar-refractivity contribution in [3.63, 3.8) is 0 Å². The predicted molar refractivity (Wildman–Crippen MR) is 204 cm³/mol. The predicted octanol–water partition coefficient (Wildman–Crippen LogP) is 8.26. The van der Waals surface area contributed by atoms with Gasteiger partial charge in [0.2, 0.25) is 5.91 Å². The van der Waals surface area contributed by atoms with Crippen LogP contribution in [0.3, 0.4) is 0 Å². The quantitative estimate of drug-likeness (QED) is 0.0247. The van der Waals surface area contributed by atoms with E-state index in [0.717, 1.165) is 51.4 Å². The number of nitrogens with one attached hydrogen (secondary N) is 1. The Balaban J connectivity index is 4.87. The third-order valence-corrected chi connectivity index (χ3v) is 8.51. The highest BCUT2D eigenvalue weighted by Crippen LogP contribution is 2.43. The molecule has 0 fully saturated rings. The number of aliphatic hydroxyl groups is 2. The van der Waals surface area contributed by atoms with Crippen LogP contribution in [-0.2, 0) is 18.4 Å². The normalized spacial score (nSPS) is 16.2. The molecule has 49 heavy (non-hydrogen) atoms. The smallest absolute Gasteiger partial charge is 0.390 e. The molecule has 1 amide bonds. The van der Waals surface area contributed by atoms with Gasteiger partial charge in [0.1, 0.15) is 19.3 Å². The Bertz CT molecular complexity index is 1050. The van der Waals surface area contributed by atoms with E-state index in [1.807, 2.05) is 33.3 Å². The van der Waals surface area contributed by atoms with Crippen LogP contribution in [0.1, 0.15) is 110 Å². The molecule has 4 unspecified atom stereocenters. The largest absolute Gasteiger partial charge is 0.472 e. The van der Waals surface area contributed by atoms with Crippen LogP contribution in [0.5, 0.6) is 0 Å². The molecule has 0 aromatic carbocycles. The summed E-state index contributed by atoms with van der Waals surface area (Å²) in [5.74, 6) is -0.358. The molecule has 10 heteroatoms. The summed E-state index contributed by atoms with van der Waals surface area (Å²) in [6.07, 6.45) is 35.6. The van der Waals surface area contributed by atoms with Crippen molar-refractivity contribution in [1.29, 1.82) is 0 Å². The van der Waals surface area contributed by atoms with Gasteiger partial charge in [-0.05, 0) is 77.0 Å². The monoisotopic (exact) mass is 709 g/mol. The lowest BCUT2D eigenvalue weighted by Crippen LogP contribution is -2.51. The van der Waals surface area contributed by atoms with Gasteiger partial charge >= 0.3 is 7.82 Å². The number of phosphoric acid groups is 1. The molecule has 0 aromatic heterocycles. The van der Waals surface area contributed by atoms with Crippen molar-refractivity contribution in [1.82, 2.24) is 5.32 Å². The fourth-order valence-corrected chi connectivity index (χ4v) is 5.25. The molecule has 0 bridgehead atoms. The molecule has 0 heterocycles. The molecule has 0 aromatic rings. The lowest BCUT2D eigenvalue weighted by Gasteiger charge is -2.28. The number of hydrogen-bond acceptors (Lipinski definition) is 6. The number of carbonyl (C=O) groups excluding carboxylic acids is 1. The molecule has 0 radical (unpaired) electrons. The number of nitrogens with zero attached hydrogens (tertiary/aromatic N) is 1. The summed E-state index contributed by atoms with van der Waals surface area (Å²) in [7, 11) is 1.35. The van der Waals surface area contributed by atoms with E-state index in [-0.39, 0.29) is 18.9 Å². The second kappa shape index (κ2) is 30.7. The number of rotatable bonds is 31. The maximum absolute atomic E-state index is 12.8. The van der Waals surface area contributed by atoms with Crippen molar-refractivity contribution >= 4 is 13.7 Å². The maximum Gasteiger partial charge on any atom is 0.472 e. The molecule has 0 saturated heterocycles. The first-order valence-corrected chi connectivity index (χ1v) is 19.9. The van der Waals surface area contributed by atoms with E-state index < -0.39 is 32.7 Å². The van der Waals surface area contributed by atoms with Gasteiger partial charge in [-0.2, -0.15) is 0 Å². The standard InChI is InChI=1S/C39H69N2O7P/c1-6-8-10-12-14-16-18-20-22-24-26-28-30-32-38(43)40-36(35-48-49(45,46)47-34-33-41(3,4)5)39(44)37(42)31-29-27-25-23-21-19-17-15-13-11-9-7-2/h8,10,14-17,20,22-23,25-26,28,36-37,39,42,44H,6-7,9,11-13,18-19,21,24,27,29-35H2,1-5H3,(H-,40,43,45,46)/p+1/b10-8-,16-14-,17-15+,22-20-,25-23+,28-26-. The van der Waals surface area contributed by atoms with E-state index in [1.54, 1.807) is 0 Å². The third-order valence-electron chi connectivity index (χ3n) is 7.52. The molecule has 0 saturated carbocycles. The Morgan fingerprint density at radius 3 is 1.84 bits per heavy atom. The van der Waals surface area contributed by atoms with Gasteiger partial charge in [0, 0.05) is 6.42 Å². The van der Waals surface area contributed by atoms with E-state index in [9.17, 15) is 24.5 Å². The molecule has 9 nitrogen and oxygen atoms in total. The molecule has 0 aliphatic carbocycles. The minimum absolute atomic E-state index is 0.00286. The van der Waals surface area contributed by atoms with Crippen LogP contribution in [0, 0.1) is 0 Å². The summed E-state index contributed by atoms with van der Waals surface area (Å²) in [5, 5.41) is 24.4. The van der Waals surface area contributed by atoms with Crippen molar-refractivity contribution in [3.05, 3.63) is 72.9 Å². The summed E-state index contributed by atoms with van der Waals surface area (Å²) >= 11 is 0. The fraction of sp³-hybridized carbons (Fsp3) is 0.667. The number of amides is 1. The Hall–Kier alpha value is -2.10. The van der Waals surface area contributed by atoms with Gasteiger partial charge in [0.15, 0.2) is 0 Å².